The Kier molecular flexibility index (Phi) is 3.02. The van der Waals surface area contributed by atoms with Crippen molar-refractivity contribution in [1.29, 1.82) is 0 Å². The van der Waals surface area contributed by atoms with E-state index in [0.717, 1.165) is 19.5 Å². The molecule has 5 nitrogen and oxygen atoms in total. The van der Waals surface area contributed by atoms with Gasteiger partial charge in [-0.15, -0.1) is 0 Å². The fourth-order valence-corrected chi connectivity index (χ4v) is 2.16. The Morgan fingerprint density at radius 1 is 1.33 bits per heavy atom. The number of imide groups is 1. The highest BCUT2D eigenvalue weighted by Crippen LogP contribution is 2.12. The summed E-state index contributed by atoms with van der Waals surface area (Å²) in [5.41, 5.74) is 0. The first-order valence-electron chi connectivity index (χ1n) is 5.39. The summed E-state index contributed by atoms with van der Waals surface area (Å²) in [5, 5.41) is 3.24. The summed E-state index contributed by atoms with van der Waals surface area (Å²) in [6, 6.07) is 0. The van der Waals surface area contributed by atoms with E-state index in [2.05, 4.69) is 5.32 Å². The number of carbonyl (C=O) groups is 2. The monoisotopic (exact) mass is 211 g/mol. The second-order valence-corrected chi connectivity index (χ2v) is 4.43. The summed E-state index contributed by atoms with van der Waals surface area (Å²) in [6.07, 6.45) is 1.06. The number of amides is 2. The summed E-state index contributed by atoms with van der Waals surface area (Å²) in [4.78, 5) is 26.5. The Morgan fingerprint density at radius 2 is 2.00 bits per heavy atom. The third kappa shape index (κ3) is 2.35. The standard InChI is InChI=1S/C10H17N3O2/c1-12-6-9(14)13(10(15)7-12)5-8-2-3-11-4-8/h8,11H,2-7H2,1H3. The third-order valence-electron chi connectivity index (χ3n) is 3.02. The largest absolute Gasteiger partial charge is 0.316 e. The van der Waals surface area contributed by atoms with Crippen molar-refractivity contribution in [1.82, 2.24) is 15.1 Å². The van der Waals surface area contributed by atoms with E-state index in [1.807, 2.05) is 0 Å². The molecule has 1 unspecified atom stereocenters. The van der Waals surface area contributed by atoms with Gasteiger partial charge in [0.15, 0.2) is 0 Å². The average molecular weight is 211 g/mol. The third-order valence-corrected chi connectivity index (χ3v) is 3.02. The zero-order valence-electron chi connectivity index (χ0n) is 9.03. The van der Waals surface area contributed by atoms with Crippen molar-refractivity contribution in [2.45, 2.75) is 6.42 Å². The molecule has 2 saturated heterocycles. The van der Waals surface area contributed by atoms with Crippen molar-refractivity contribution in [3.8, 4) is 0 Å². The molecular formula is C10H17N3O2. The molecule has 0 aromatic carbocycles. The molecule has 0 saturated carbocycles. The molecular weight excluding hydrogens is 194 g/mol. The molecule has 5 heteroatoms. The highest BCUT2D eigenvalue weighted by molar-refractivity contribution is 5.99. The molecule has 0 aromatic heterocycles. The number of nitrogens with zero attached hydrogens (tertiary/aromatic N) is 2. The van der Waals surface area contributed by atoms with E-state index in [1.54, 1.807) is 11.9 Å². The number of carbonyl (C=O) groups excluding carboxylic acids is 2. The minimum Gasteiger partial charge on any atom is -0.316 e. The van der Waals surface area contributed by atoms with Crippen LogP contribution in [-0.2, 0) is 9.59 Å². The van der Waals surface area contributed by atoms with Gasteiger partial charge in [-0.3, -0.25) is 19.4 Å². The molecule has 0 spiro atoms. The first-order valence-corrected chi connectivity index (χ1v) is 5.39. The summed E-state index contributed by atoms with van der Waals surface area (Å²) in [5.74, 6) is 0.336. The number of piperazine rings is 1. The van der Waals surface area contributed by atoms with Crippen LogP contribution in [-0.4, -0.2) is 61.4 Å². The topological polar surface area (TPSA) is 52.7 Å². The summed E-state index contributed by atoms with van der Waals surface area (Å²) in [6.45, 7) is 3.25. The lowest BCUT2D eigenvalue weighted by molar-refractivity contribution is -0.151. The Hall–Kier alpha value is -0.940. The molecule has 0 radical (unpaired) electrons. The Labute approximate surface area is 89.4 Å². The van der Waals surface area contributed by atoms with Crippen LogP contribution in [0.15, 0.2) is 0 Å². The zero-order valence-corrected chi connectivity index (χ0v) is 9.03. The predicted octanol–water partition coefficient (Wildman–Crippen LogP) is -1.10. The van der Waals surface area contributed by atoms with E-state index >= 15 is 0 Å². The van der Waals surface area contributed by atoms with Crippen LogP contribution in [0.2, 0.25) is 0 Å². The second-order valence-electron chi connectivity index (χ2n) is 4.43. The van der Waals surface area contributed by atoms with Crippen molar-refractivity contribution in [2.75, 3.05) is 39.8 Å². The van der Waals surface area contributed by atoms with Gasteiger partial charge in [0.1, 0.15) is 0 Å². The maximum Gasteiger partial charge on any atom is 0.243 e. The van der Waals surface area contributed by atoms with Crippen LogP contribution in [0.5, 0.6) is 0 Å². The predicted molar refractivity (Wildman–Crippen MR) is 55.2 cm³/mol. The van der Waals surface area contributed by atoms with Crippen LogP contribution < -0.4 is 5.32 Å². The van der Waals surface area contributed by atoms with Crippen molar-refractivity contribution in [2.24, 2.45) is 5.92 Å². The zero-order chi connectivity index (χ0) is 10.8. The van der Waals surface area contributed by atoms with Gasteiger partial charge in [-0.05, 0) is 32.5 Å². The lowest BCUT2D eigenvalue weighted by Gasteiger charge is -2.31. The maximum atomic E-state index is 11.6. The normalized spacial score (nSPS) is 28.9. The van der Waals surface area contributed by atoms with Crippen molar-refractivity contribution >= 4 is 11.8 Å². The molecule has 15 heavy (non-hydrogen) atoms. The molecule has 84 valence electrons. The lowest BCUT2D eigenvalue weighted by atomic mass is 10.1. The SMILES string of the molecule is CN1CC(=O)N(CC2CCNC2)C(=O)C1. The van der Waals surface area contributed by atoms with E-state index in [-0.39, 0.29) is 11.8 Å². The van der Waals surface area contributed by atoms with E-state index in [4.69, 9.17) is 0 Å². The van der Waals surface area contributed by atoms with Crippen LogP contribution in [0.1, 0.15) is 6.42 Å². The number of hydrogen-bond acceptors (Lipinski definition) is 4. The van der Waals surface area contributed by atoms with Gasteiger partial charge in [0.05, 0.1) is 13.1 Å². The van der Waals surface area contributed by atoms with Gasteiger partial charge >= 0.3 is 0 Å². The molecule has 2 fully saturated rings. The van der Waals surface area contributed by atoms with Crippen molar-refractivity contribution in [3.05, 3.63) is 0 Å². The molecule has 1 N–H and O–H groups in total. The van der Waals surface area contributed by atoms with Gasteiger partial charge in [0, 0.05) is 6.54 Å². The number of hydrogen-bond donors (Lipinski definition) is 1. The number of rotatable bonds is 2. The highest BCUT2D eigenvalue weighted by Gasteiger charge is 2.31. The Bertz CT molecular complexity index is 256. The van der Waals surface area contributed by atoms with Gasteiger partial charge in [0.2, 0.25) is 11.8 Å². The van der Waals surface area contributed by atoms with E-state index in [1.165, 1.54) is 4.90 Å². The Balaban J connectivity index is 1.94. The molecule has 1 atom stereocenters. The average Bonchev–Trinajstić information content (AvgIpc) is 2.63. The van der Waals surface area contributed by atoms with Crippen molar-refractivity contribution in [3.63, 3.8) is 0 Å². The molecule has 2 aliphatic rings. The van der Waals surface area contributed by atoms with Gasteiger partial charge in [-0.2, -0.15) is 0 Å². The molecule has 2 aliphatic heterocycles. The summed E-state index contributed by atoms with van der Waals surface area (Å²) < 4.78 is 0. The van der Waals surface area contributed by atoms with Crippen LogP contribution in [0, 0.1) is 5.92 Å². The van der Waals surface area contributed by atoms with E-state index < -0.39 is 0 Å². The summed E-state index contributed by atoms with van der Waals surface area (Å²) in [7, 11) is 1.80. The fraction of sp³-hybridized carbons (Fsp3) is 0.800. The van der Waals surface area contributed by atoms with Crippen molar-refractivity contribution < 1.29 is 9.59 Å². The van der Waals surface area contributed by atoms with Gasteiger partial charge in [-0.1, -0.05) is 0 Å². The quantitative estimate of drug-likeness (QED) is 0.589. The van der Waals surface area contributed by atoms with Gasteiger partial charge in [0.25, 0.3) is 0 Å². The first-order chi connectivity index (χ1) is 7.16. The highest BCUT2D eigenvalue weighted by atomic mass is 16.2. The second kappa shape index (κ2) is 4.28. The molecule has 2 heterocycles. The minimum absolute atomic E-state index is 0.0550. The van der Waals surface area contributed by atoms with Gasteiger partial charge < -0.3 is 5.32 Å². The maximum absolute atomic E-state index is 11.6. The minimum atomic E-state index is -0.0550. The Morgan fingerprint density at radius 3 is 2.53 bits per heavy atom. The van der Waals surface area contributed by atoms with Crippen LogP contribution in [0.25, 0.3) is 0 Å². The van der Waals surface area contributed by atoms with E-state index in [9.17, 15) is 9.59 Å². The first kappa shape index (κ1) is 10.6. The number of nitrogens with one attached hydrogen (secondary N) is 1. The molecule has 2 rings (SSSR count). The van der Waals surface area contributed by atoms with Crippen LogP contribution in [0.4, 0.5) is 0 Å². The smallest absolute Gasteiger partial charge is 0.243 e. The molecule has 0 aliphatic carbocycles. The molecule has 0 aromatic rings. The molecule has 2 amide bonds. The molecule has 0 bridgehead atoms. The van der Waals surface area contributed by atoms with Crippen LogP contribution in [0.3, 0.4) is 0 Å². The lowest BCUT2D eigenvalue weighted by Crippen LogP contribution is -2.54. The fourth-order valence-electron chi connectivity index (χ4n) is 2.16. The van der Waals surface area contributed by atoms with Crippen LogP contribution >= 0.6 is 0 Å². The number of likely N-dealkylation sites (N-methyl/N-ethyl adjacent to an activating group) is 1. The summed E-state index contributed by atoms with van der Waals surface area (Å²) >= 11 is 0. The van der Waals surface area contributed by atoms with Gasteiger partial charge in [-0.25, -0.2) is 0 Å². The van der Waals surface area contributed by atoms with E-state index in [0.29, 0.717) is 25.6 Å².